The van der Waals surface area contributed by atoms with Gasteiger partial charge in [0.25, 0.3) is 0 Å². The monoisotopic (exact) mass is 285 g/mol. The summed E-state index contributed by atoms with van der Waals surface area (Å²) < 4.78 is 29.1. The molecular formula is C13H23N3O2S. The second-order valence-corrected chi connectivity index (χ2v) is 7.14. The number of hydrogen-bond donors (Lipinski definition) is 2. The lowest BCUT2D eigenvalue weighted by atomic mass is 10.1. The Bertz CT molecular complexity index is 532. The van der Waals surface area contributed by atoms with Crippen molar-refractivity contribution in [2.24, 2.45) is 11.7 Å². The summed E-state index contributed by atoms with van der Waals surface area (Å²) in [5, 5.41) is 0. The Morgan fingerprint density at radius 2 is 2.21 bits per heavy atom. The second kappa shape index (κ2) is 5.64. The van der Waals surface area contributed by atoms with Crippen molar-refractivity contribution in [3.63, 3.8) is 0 Å². The van der Waals surface area contributed by atoms with Crippen LogP contribution < -0.4 is 10.5 Å². The number of sulfonamides is 1. The van der Waals surface area contributed by atoms with Gasteiger partial charge in [-0.3, -0.25) is 0 Å². The molecule has 1 aromatic heterocycles. The molecule has 1 fully saturated rings. The van der Waals surface area contributed by atoms with E-state index in [0.29, 0.717) is 29.9 Å². The van der Waals surface area contributed by atoms with Crippen LogP contribution in [0.1, 0.15) is 44.8 Å². The van der Waals surface area contributed by atoms with Crippen molar-refractivity contribution in [2.75, 3.05) is 6.54 Å². The third kappa shape index (κ3) is 3.38. The van der Waals surface area contributed by atoms with E-state index >= 15 is 0 Å². The van der Waals surface area contributed by atoms with Gasteiger partial charge in [-0.15, -0.1) is 0 Å². The lowest BCUT2D eigenvalue weighted by Gasteiger charge is -2.09. The second-order valence-electron chi connectivity index (χ2n) is 5.38. The summed E-state index contributed by atoms with van der Waals surface area (Å²) in [4.78, 5) is 0.336. The summed E-state index contributed by atoms with van der Waals surface area (Å²) in [6, 6.07) is 2.13. The minimum Gasteiger partial charge on any atom is -0.346 e. The average molecular weight is 285 g/mol. The smallest absolute Gasteiger partial charge is 0.242 e. The minimum absolute atomic E-state index is 0.336. The van der Waals surface area contributed by atoms with Crippen LogP contribution in [0.2, 0.25) is 0 Å². The van der Waals surface area contributed by atoms with Crippen molar-refractivity contribution in [3.8, 4) is 0 Å². The predicted molar refractivity (Wildman–Crippen MR) is 75.2 cm³/mol. The molecule has 1 aromatic rings. The number of nitrogens with one attached hydrogen (secondary N) is 1. The van der Waals surface area contributed by atoms with Crippen LogP contribution in [-0.2, 0) is 16.6 Å². The van der Waals surface area contributed by atoms with Crippen molar-refractivity contribution < 1.29 is 8.42 Å². The molecule has 0 aliphatic heterocycles. The zero-order chi connectivity index (χ0) is 14.0. The summed E-state index contributed by atoms with van der Waals surface area (Å²) in [5.74, 6) is 0.342. The van der Waals surface area contributed by atoms with Crippen LogP contribution in [0.4, 0.5) is 0 Å². The Balaban J connectivity index is 2.15. The Morgan fingerprint density at radius 3 is 2.74 bits per heavy atom. The molecule has 1 aliphatic rings. The van der Waals surface area contributed by atoms with E-state index in [2.05, 4.69) is 11.6 Å². The first-order valence-corrected chi connectivity index (χ1v) is 8.36. The summed E-state index contributed by atoms with van der Waals surface area (Å²) in [6.07, 6.45) is 4.90. The topological polar surface area (TPSA) is 77.1 Å². The Hall–Kier alpha value is -0.850. The zero-order valence-electron chi connectivity index (χ0n) is 11.6. The summed E-state index contributed by atoms with van der Waals surface area (Å²) in [6.45, 7) is 4.93. The van der Waals surface area contributed by atoms with E-state index in [1.807, 2.05) is 11.5 Å². The Morgan fingerprint density at radius 1 is 1.53 bits per heavy atom. The van der Waals surface area contributed by atoms with Crippen molar-refractivity contribution in [1.82, 2.24) is 9.29 Å². The molecule has 0 saturated heterocycles. The van der Waals surface area contributed by atoms with Crippen molar-refractivity contribution in [3.05, 3.63) is 18.0 Å². The molecular weight excluding hydrogens is 262 g/mol. The van der Waals surface area contributed by atoms with Gasteiger partial charge in [-0.05, 0) is 24.8 Å². The Labute approximate surface area is 115 Å². The minimum atomic E-state index is -3.41. The molecule has 1 aliphatic carbocycles. The third-order valence-corrected chi connectivity index (χ3v) is 5.08. The van der Waals surface area contributed by atoms with Gasteiger partial charge in [0.15, 0.2) is 0 Å². The van der Waals surface area contributed by atoms with E-state index in [1.54, 1.807) is 12.3 Å². The molecule has 1 unspecified atom stereocenters. The van der Waals surface area contributed by atoms with Crippen LogP contribution >= 0.6 is 0 Å². The summed E-state index contributed by atoms with van der Waals surface area (Å²) in [7, 11) is -3.41. The van der Waals surface area contributed by atoms with Crippen molar-refractivity contribution in [2.45, 2.75) is 50.6 Å². The van der Waals surface area contributed by atoms with E-state index in [-0.39, 0.29) is 0 Å². The predicted octanol–water partition coefficient (Wildman–Crippen LogP) is 1.61. The van der Waals surface area contributed by atoms with Gasteiger partial charge < -0.3 is 10.3 Å². The molecule has 0 spiro atoms. The highest BCUT2D eigenvalue weighted by Gasteiger charge is 2.27. The molecule has 0 bridgehead atoms. The van der Waals surface area contributed by atoms with Crippen LogP contribution in [0.3, 0.4) is 0 Å². The molecule has 108 valence electrons. The maximum Gasteiger partial charge on any atom is 0.242 e. The number of nitrogens with two attached hydrogens (primary N) is 1. The van der Waals surface area contributed by atoms with Gasteiger partial charge >= 0.3 is 0 Å². The number of rotatable bonds is 7. The molecule has 1 heterocycles. The highest BCUT2D eigenvalue weighted by molar-refractivity contribution is 7.89. The molecule has 6 heteroatoms. The lowest BCUT2D eigenvalue weighted by molar-refractivity contribution is 0.528. The molecule has 3 N–H and O–H groups in total. The standard InChI is InChI=1S/C13H23N3O2S/c1-3-10(2)8-15-19(17,18)13-6-12(7-14)16(9-13)11-4-5-11/h6,9-11,15H,3-5,7-8,14H2,1-2H3. The van der Waals surface area contributed by atoms with Crippen LogP contribution in [0.15, 0.2) is 17.2 Å². The van der Waals surface area contributed by atoms with Gasteiger partial charge in [-0.25, -0.2) is 13.1 Å². The first-order valence-electron chi connectivity index (χ1n) is 6.88. The molecule has 1 saturated carbocycles. The molecule has 0 amide bonds. The van der Waals surface area contributed by atoms with E-state index in [4.69, 9.17) is 5.73 Å². The van der Waals surface area contributed by atoms with E-state index in [9.17, 15) is 8.42 Å². The largest absolute Gasteiger partial charge is 0.346 e. The van der Waals surface area contributed by atoms with Gasteiger partial charge in [0, 0.05) is 31.0 Å². The third-order valence-electron chi connectivity index (χ3n) is 3.69. The molecule has 5 nitrogen and oxygen atoms in total. The highest BCUT2D eigenvalue weighted by atomic mass is 32.2. The normalized spacial score (nSPS) is 17.6. The van der Waals surface area contributed by atoms with Gasteiger partial charge in [0.1, 0.15) is 0 Å². The molecule has 2 rings (SSSR count). The van der Waals surface area contributed by atoms with Gasteiger partial charge in [0.05, 0.1) is 4.90 Å². The van der Waals surface area contributed by atoms with Gasteiger partial charge in [0.2, 0.25) is 10.0 Å². The number of aromatic nitrogens is 1. The first kappa shape index (κ1) is 14.6. The average Bonchev–Trinajstić information content (AvgIpc) is 3.14. The van der Waals surface area contributed by atoms with Crippen molar-refractivity contribution in [1.29, 1.82) is 0 Å². The summed E-state index contributed by atoms with van der Waals surface area (Å²) in [5.41, 5.74) is 6.58. The van der Waals surface area contributed by atoms with Gasteiger partial charge in [-0.1, -0.05) is 20.3 Å². The van der Waals surface area contributed by atoms with E-state index in [0.717, 1.165) is 25.0 Å². The quantitative estimate of drug-likeness (QED) is 0.799. The van der Waals surface area contributed by atoms with Crippen LogP contribution in [0.25, 0.3) is 0 Å². The van der Waals surface area contributed by atoms with Crippen molar-refractivity contribution >= 4 is 10.0 Å². The van der Waals surface area contributed by atoms with Crippen LogP contribution in [0, 0.1) is 5.92 Å². The molecule has 19 heavy (non-hydrogen) atoms. The van der Waals surface area contributed by atoms with E-state index < -0.39 is 10.0 Å². The maximum atomic E-state index is 12.2. The van der Waals surface area contributed by atoms with Gasteiger partial charge in [-0.2, -0.15) is 0 Å². The Kier molecular flexibility index (Phi) is 4.32. The molecule has 1 atom stereocenters. The number of nitrogens with zero attached hydrogens (tertiary/aromatic N) is 1. The maximum absolute atomic E-state index is 12.2. The SMILES string of the molecule is CCC(C)CNS(=O)(=O)c1cc(CN)n(C2CC2)c1. The highest BCUT2D eigenvalue weighted by Crippen LogP contribution is 2.37. The van der Waals surface area contributed by atoms with Crippen LogP contribution in [-0.4, -0.2) is 19.5 Å². The first-order chi connectivity index (χ1) is 8.97. The van der Waals surface area contributed by atoms with Crippen LogP contribution in [0.5, 0.6) is 0 Å². The van der Waals surface area contributed by atoms with E-state index in [1.165, 1.54) is 0 Å². The fraction of sp³-hybridized carbons (Fsp3) is 0.692. The zero-order valence-corrected chi connectivity index (χ0v) is 12.4. The summed E-state index contributed by atoms with van der Waals surface area (Å²) >= 11 is 0. The molecule has 0 radical (unpaired) electrons. The fourth-order valence-electron chi connectivity index (χ4n) is 1.98. The molecule has 0 aromatic carbocycles. The number of hydrogen-bond acceptors (Lipinski definition) is 3. The fourth-order valence-corrected chi connectivity index (χ4v) is 3.19. The lowest BCUT2D eigenvalue weighted by Crippen LogP contribution is -2.28.